The van der Waals surface area contributed by atoms with E-state index in [1.165, 1.54) is 12.1 Å². The molecule has 2 aromatic carbocycles. The van der Waals surface area contributed by atoms with E-state index in [0.717, 1.165) is 5.01 Å². The zero-order valence-electron chi connectivity index (χ0n) is 9.48. The molecule has 18 heavy (non-hydrogen) atoms. The van der Waals surface area contributed by atoms with Gasteiger partial charge in [-0.25, -0.2) is 10.9 Å². The van der Waals surface area contributed by atoms with Crippen molar-refractivity contribution in [3.63, 3.8) is 0 Å². The smallest absolute Gasteiger partial charge is 0.267 e. The number of nitrogens with two attached hydrogens (primary N) is 1. The van der Waals surface area contributed by atoms with Gasteiger partial charge in [-0.15, -0.1) is 4.91 Å². The van der Waals surface area contributed by atoms with Crippen molar-refractivity contribution >= 4 is 17.3 Å². The van der Waals surface area contributed by atoms with Gasteiger partial charge in [0.05, 0.1) is 5.69 Å². The van der Waals surface area contributed by atoms with E-state index in [9.17, 15) is 9.70 Å². The fourth-order valence-corrected chi connectivity index (χ4v) is 1.51. The minimum absolute atomic E-state index is 0.291. The third-order valence-electron chi connectivity index (χ3n) is 2.47. The minimum Gasteiger partial charge on any atom is -0.267 e. The van der Waals surface area contributed by atoms with Crippen molar-refractivity contribution in [2.75, 3.05) is 5.01 Å². The number of anilines is 1. The van der Waals surface area contributed by atoms with Crippen LogP contribution in [0.3, 0.4) is 0 Å². The lowest BCUT2D eigenvalue weighted by molar-refractivity contribution is 0.0987. The molecule has 0 bridgehead atoms. The zero-order valence-corrected chi connectivity index (χ0v) is 9.48. The average molecular weight is 241 g/mol. The van der Waals surface area contributed by atoms with Crippen LogP contribution in [0.2, 0.25) is 0 Å². The monoisotopic (exact) mass is 241 g/mol. The fraction of sp³-hybridized carbons (Fsp3) is 0. The van der Waals surface area contributed by atoms with Crippen molar-refractivity contribution in [3.8, 4) is 0 Å². The number of hydrogen-bond acceptors (Lipinski definition) is 4. The maximum Gasteiger partial charge on any atom is 0.272 e. The molecule has 1 amide bonds. The lowest BCUT2D eigenvalue weighted by Gasteiger charge is -2.16. The van der Waals surface area contributed by atoms with Crippen LogP contribution >= 0.6 is 0 Å². The Bertz CT molecular complexity index is 552. The number of amides is 1. The fourth-order valence-electron chi connectivity index (χ4n) is 1.51. The first-order valence-electron chi connectivity index (χ1n) is 5.30. The molecule has 2 N–H and O–H groups in total. The van der Waals surface area contributed by atoms with Crippen molar-refractivity contribution < 1.29 is 4.79 Å². The molecule has 0 radical (unpaired) electrons. The highest BCUT2D eigenvalue weighted by Gasteiger charge is 2.13. The summed E-state index contributed by atoms with van der Waals surface area (Å²) in [7, 11) is 0. The number of hydrazine groups is 1. The first-order chi connectivity index (χ1) is 8.72. The molecular weight excluding hydrogens is 230 g/mol. The van der Waals surface area contributed by atoms with E-state index < -0.39 is 0 Å². The molecule has 5 heteroatoms. The molecule has 5 nitrogen and oxygen atoms in total. The quantitative estimate of drug-likeness (QED) is 0.388. The number of benzene rings is 2. The van der Waals surface area contributed by atoms with E-state index in [2.05, 4.69) is 5.18 Å². The van der Waals surface area contributed by atoms with Crippen LogP contribution in [0, 0.1) is 4.91 Å². The molecular formula is C13H11N3O2. The molecule has 0 spiro atoms. The second-order valence-electron chi connectivity index (χ2n) is 3.65. The summed E-state index contributed by atoms with van der Waals surface area (Å²) in [5.74, 6) is 5.42. The summed E-state index contributed by atoms with van der Waals surface area (Å²) in [5, 5.41) is 3.81. The summed E-state index contributed by atoms with van der Waals surface area (Å²) in [5.41, 5.74) is 1.29. The summed E-state index contributed by atoms with van der Waals surface area (Å²) in [6.07, 6.45) is 0. The van der Waals surface area contributed by atoms with Gasteiger partial charge >= 0.3 is 0 Å². The molecule has 0 heterocycles. The second kappa shape index (κ2) is 5.20. The van der Waals surface area contributed by atoms with Gasteiger partial charge in [-0.2, -0.15) is 0 Å². The topological polar surface area (TPSA) is 75.8 Å². The first kappa shape index (κ1) is 11.9. The number of carbonyl (C=O) groups excluding carboxylic acids is 1. The van der Waals surface area contributed by atoms with Gasteiger partial charge in [0, 0.05) is 5.56 Å². The number of nitrogens with zero attached hydrogens (tertiary/aromatic N) is 2. The number of carbonyl (C=O) groups is 1. The molecule has 2 aromatic rings. The molecule has 0 unspecified atom stereocenters. The Kier molecular flexibility index (Phi) is 3.45. The predicted molar refractivity (Wildman–Crippen MR) is 69.3 cm³/mol. The van der Waals surface area contributed by atoms with E-state index >= 15 is 0 Å². The zero-order chi connectivity index (χ0) is 13.0. The van der Waals surface area contributed by atoms with Crippen LogP contribution in [0.4, 0.5) is 11.4 Å². The normalized spacial score (nSPS) is 9.83. The summed E-state index contributed by atoms with van der Waals surface area (Å²) >= 11 is 0. The SMILES string of the molecule is NN(C(=O)c1ccccc1)c1ccc(N=O)cc1. The van der Waals surface area contributed by atoms with Crippen LogP contribution in [0.15, 0.2) is 59.8 Å². The predicted octanol–water partition coefficient (Wildman–Crippen LogP) is 2.61. The Morgan fingerprint density at radius 2 is 1.61 bits per heavy atom. The molecule has 2 rings (SSSR count). The van der Waals surface area contributed by atoms with Crippen LogP contribution in [-0.4, -0.2) is 5.91 Å². The van der Waals surface area contributed by atoms with Crippen molar-refractivity contribution in [1.29, 1.82) is 0 Å². The third-order valence-corrected chi connectivity index (χ3v) is 2.47. The third kappa shape index (κ3) is 2.41. The van der Waals surface area contributed by atoms with Gasteiger partial charge in [-0.3, -0.25) is 4.79 Å². The summed E-state index contributed by atoms with van der Waals surface area (Å²) in [6.45, 7) is 0. The van der Waals surface area contributed by atoms with Crippen LogP contribution < -0.4 is 10.9 Å². The Hall–Kier alpha value is -2.53. The van der Waals surface area contributed by atoms with Crippen LogP contribution in [0.25, 0.3) is 0 Å². The Labute approximate surface area is 104 Å². The van der Waals surface area contributed by atoms with Gasteiger partial charge in [0.15, 0.2) is 0 Å². The maximum absolute atomic E-state index is 12.0. The molecule has 0 aliphatic heterocycles. The van der Waals surface area contributed by atoms with E-state index in [1.807, 2.05) is 6.07 Å². The maximum atomic E-state index is 12.0. The van der Waals surface area contributed by atoms with Gasteiger partial charge in [0.2, 0.25) is 0 Å². The van der Waals surface area contributed by atoms with Crippen molar-refractivity contribution in [1.82, 2.24) is 0 Å². The Morgan fingerprint density at radius 3 is 2.17 bits per heavy atom. The van der Waals surface area contributed by atoms with Crippen molar-refractivity contribution in [3.05, 3.63) is 65.1 Å². The standard InChI is InChI=1S/C13H11N3O2/c14-16(12-8-6-11(15-18)7-9-12)13(17)10-4-2-1-3-5-10/h1-9H,14H2. The van der Waals surface area contributed by atoms with Crippen LogP contribution in [0.1, 0.15) is 10.4 Å². The molecule has 0 fully saturated rings. The highest BCUT2D eigenvalue weighted by molar-refractivity contribution is 6.05. The molecule has 0 saturated carbocycles. The molecule has 90 valence electrons. The Morgan fingerprint density at radius 1 is 1.00 bits per heavy atom. The lowest BCUT2D eigenvalue weighted by atomic mass is 10.2. The van der Waals surface area contributed by atoms with Gasteiger partial charge in [-0.1, -0.05) is 18.2 Å². The molecule has 0 aromatic heterocycles. The lowest BCUT2D eigenvalue weighted by Crippen LogP contribution is -2.37. The van der Waals surface area contributed by atoms with Gasteiger partial charge in [0.25, 0.3) is 5.91 Å². The molecule has 0 aliphatic rings. The highest BCUT2D eigenvalue weighted by Crippen LogP contribution is 2.19. The van der Waals surface area contributed by atoms with Crippen LogP contribution in [0.5, 0.6) is 0 Å². The average Bonchev–Trinajstić information content (AvgIpc) is 2.47. The second-order valence-corrected chi connectivity index (χ2v) is 3.65. The van der Waals surface area contributed by atoms with E-state index in [-0.39, 0.29) is 5.91 Å². The number of nitroso groups, excluding NO2 is 1. The van der Waals surface area contributed by atoms with Gasteiger partial charge in [0.1, 0.15) is 5.69 Å². The van der Waals surface area contributed by atoms with Gasteiger partial charge in [-0.05, 0) is 41.6 Å². The summed E-state index contributed by atoms with van der Waals surface area (Å²) < 4.78 is 0. The number of hydrogen-bond donors (Lipinski definition) is 1. The van der Waals surface area contributed by atoms with Crippen molar-refractivity contribution in [2.24, 2.45) is 11.0 Å². The van der Waals surface area contributed by atoms with Gasteiger partial charge < -0.3 is 0 Å². The minimum atomic E-state index is -0.317. The molecule has 0 saturated heterocycles. The Balaban J connectivity index is 2.22. The number of rotatable bonds is 3. The molecule has 0 aliphatic carbocycles. The van der Waals surface area contributed by atoms with Crippen LogP contribution in [-0.2, 0) is 0 Å². The van der Waals surface area contributed by atoms with Crippen molar-refractivity contribution in [2.45, 2.75) is 0 Å². The van der Waals surface area contributed by atoms with E-state index in [1.54, 1.807) is 36.4 Å². The van der Waals surface area contributed by atoms with E-state index in [4.69, 9.17) is 5.84 Å². The van der Waals surface area contributed by atoms with E-state index in [0.29, 0.717) is 16.9 Å². The highest BCUT2D eigenvalue weighted by atomic mass is 16.3. The largest absolute Gasteiger partial charge is 0.272 e. The summed E-state index contributed by atoms with van der Waals surface area (Å²) in [6, 6.07) is 14.9. The summed E-state index contributed by atoms with van der Waals surface area (Å²) in [4.78, 5) is 22.3. The molecule has 0 atom stereocenters. The first-order valence-corrected chi connectivity index (χ1v) is 5.30.